The van der Waals surface area contributed by atoms with E-state index in [1.807, 2.05) is 24.2 Å². The Morgan fingerprint density at radius 2 is 2.00 bits per heavy atom. The van der Waals surface area contributed by atoms with E-state index in [9.17, 15) is 0 Å². The van der Waals surface area contributed by atoms with Gasteiger partial charge in [-0.05, 0) is 38.4 Å². The summed E-state index contributed by atoms with van der Waals surface area (Å²) in [4.78, 5) is 5.34. The number of nitrogens with one attached hydrogen (secondary N) is 1. The van der Waals surface area contributed by atoms with Gasteiger partial charge in [-0.25, -0.2) is 0 Å². The van der Waals surface area contributed by atoms with Gasteiger partial charge in [-0.1, -0.05) is 13.8 Å². The van der Waals surface area contributed by atoms with Crippen molar-refractivity contribution in [2.45, 2.75) is 49.8 Å². The average Bonchev–Trinajstić information content (AvgIpc) is 2.27. The SMILES string of the molecule is CCCNC(C)CC(C)Sc1ccncc1. The van der Waals surface area contributed by atoms with Crippen molar-refractivity contribution < 1.29 is 0 Å². The number of rotatable bonds is 7. The van der Waals surface area contributed by atoms with Crippen LogP contribution in [0.5, 0.6) is 0 Å². The standard InChI is InChI=1S/C13H22N2S/c1-4-7-15-11(2)10-12(3)16-13-5-8-14-9-6-13/h5-6,8-9,11-12,15H,4,7,10H2,1-3H3. The van der Waals surface area contributed by atoms with Crippen LogP contribution in [0.3, 0.4) is 0 Å². The first kappa shape index (κ1) is 13.5. The zero-order valence-electron chi connectivity index (χ0n) is 10.4. The van der Waals surface area contributed by atoms with Crippen LogP contribution in [0.1, 0.15) is 33.6 Å². The van der Waals surface area contributed by atoms with E-state index in [1.54, 1.807) is 0 Å². The van der Waals surface area contributed by atoms with Gasteiger partial charge in [0.1, 0.15) is 0 Å². The number of hydrogen-bond acceptors (Lipinski definition) is 3. The summed E-state index contributed by atoms with van der Waals surface area (Å²) in [6, 6.07) is 4.75. The average molecular weight is 238 g/mol. The van der Waals surface area contributed by atoms with Crippen LogP contribution < -0.4 is 5.32 Å². The van der Waals surface area contributed by atoms with Crippen LogP contribution in [0.25, 0.3) is 0 Å². The second-order valence-electron chi connectivity index (χ2n) is 4.20. The van der Waals surface area contributed by atoms with Gasteiger partial charge < -0.3 is 5.32 Å². The number of aromatic nitrogens is 1. The summed E-state index contributed by atoms with van der Waals surface area (Å²) in [7, 11) is 0. The van der Waals surface area contributed by atoms with Crippen molar-refractivity contribution in [3.05, 3.63) is 24.5 Å². The molecular weight excluding hydrogens is 216 g/mol. The number of thioether (sulfide) groups is 1. The second kappa shape index (κ2) is 7.69. The fourth-order valence-electron chi connectivity index (χ4n) is 1.67. The lowest BCUT2D eigenvalue weighted by Gasteiger charge is -2.18. The van der Waals surface area contributed by atoms with Gasteiger partial charge in [-0.2, -0.15) is 0 Å². The smallest absolute Gasteiger partial charge is 0.0278 e. The molecule has 2 nitrogen and oxygen atoms in total. The highest BCUT2D eigenvalue weighted by atomic mass is 32.2. The largest absolute Gasteiger partial charge is 0.314 e. The summed E-state index contributed by atoms with van der Waals surface area (Å²) >= 11 is 1.93. The molecule has 1 rings (SSSR count). The summed E-state index contributed by atoms with van der Waals surface area (Å²) in [5.41, 5.74) is 0. The van der Waals surface area contributed by atoms with Crippen molar-refractivity contribution >= 4 is 11.8 Å². The first-order chi connectivity index (χ1) is 7.72. The molecule has 1 heterocycles. The van der Waals surface area contributed by atoms with Gasteiger partial charge >= 0.3 is 0 Å². The zero-order chi connectivity index (χ0) is 11.8. The maximum absolute atomic E-state index is 4.03. The van der Waals surface area contributed by atoms with E-state index in [0.717, 1.165) is 6.54 Å². The normalized spacial score (nSPS) is 14.7. The van der Waals surface area contributed by atoms with Crippen LogP contribution in [-0.2, 0) is 0 Å². The number of nitrogens with zero attached hydrogens (tertiary/aromatic N) is 1. The Bertz CT molecular complexity index is 277. The molecule has 0 saturated carbocycles. The summed E-state index contributed by atoms with van der Waals surface area (Å²) in [6.07, 6.45) is 6.12. The second-order valence-corrected chi connectivity index (χ2v) is 5.71. The summed E-state index contributed by atoms with van der Waals surface area (Å²) in [5, 5.41) is 4.16. The van der Waals surface area contributed by atoms with Gasteiger partial charge in [-0.15, -0.1) is 11.8 Å². The van der Waals surface area contributed by atoms with Gasteiger partial charge in [0, 0.05) is 28.6 Å². The van der Waals surface area contributed by atoms with Crippen LogP contribution in [0.4, 0.5) is 0 Å². The predicted octanol–water partition coefficient (Wildman–Crippen LogP) is 3.34. The van der Waals surface area contributed by atoms with Crippen molar-refractivity contribution in [1.29, 1.82) is 0 Å². The lowest BCUT2D eigenvalue weighted by molar-refractivity contribution is 0.513. The minimum Gasteiger partial charge on any atom is -0.314 e. The number of hydrogen-bond donors (Lipinski definition) is 1. The highest BCUT2D eigenvalue weighted by Crippen LogP contribution is 2.24. The van der Waals surface area contributed by atoms with Gasteiger partial charge in [-0.3, -0.25) is 4.98 Å². The Morgan fingerprint density at radius 1 is 1.31 bits per heavy atom. The third kappa shape index (κ3) is 5.52. The van der Waals surface area contributed by atoms with Gasteiger partial charge in [0.25, 0.3) is 0 Å². The molecule has 0 fully saturated rings. The molecule has 16 heavy (non-hydrogen) atoms. The minimum absolute atomic E-state index is 0.601. The topological polar surface area (TPSA) is 24.9 Å². The Kier molecular flexibility index (Phi) is 6.50. The van der Waals surface area contributed by atoms with Crippen molar-refractivity contribution in [2.75, 3.05) is 6.54 Å². The molecule has 0 aliphatic rings. The highest BCUT2D eigenvalue weighted by Gasteiger charge is 2.09. The zero-order valence-corrected chi connectivity index (χ0v) is 11.3. The van der Waals surface area contributed by atoms with Crippen LogP contribution in [-0.4, -0.2) is 22.8 Å². The Labute approximate surface area is 103 Å². The van der Waals surface area contributed by atoms with Gasteiger partial charge in [0.05, 0.1) is 0 Å². The van der Waals surface area contributed by atoms with E-state index in [4.69, 9.17) is 0 Å². The summed E-state index contributed by atoms with van der Waals surface area (Å²) in [6.45, 7) is 7.87. The van der Waals surface area contributed by atoms with Crippen molar-refractivity contribution in [2.24, 2.45) is 0 Å². The van der Waals surface area contributed by atoms with E-state index in [-0.39, 0.29) is 0 Å². The molecule has 0 aliphatic carbocycles. The molecule has 90 valence electrons. The molecule has 0 amide bonds. The number of pyridine rings is 1. The third-order valence-corrected chi connectivity index (χ3v) is 3.55. The molecule has 1 aromatic heterocycles. The molecule has 2 unspecified atom stereocenters. The van der Waals surface area contributed by atoms with Crippen molar-refractivity contribution in [3.8, 4) is 0 Å². The quantitative estimate of drug-likeness (QED) is 0.737. The lowest BCUT2D eigenvalue weighted by atomic mass is 10.2. The first-order valence-electron chi connectivity index (χ1n) is 6.02. The van der Waals surface area contributed by atoms with E-state index in [2.05, 4.69) is 43.2 Å². The Hall–Kier alpha value is -0.540. The lowest BCUT2D eigenvalue weighted by Crippen LogP contribution is -2.29. The van der Waals surface area contributed by atoms with Crippen LogP contribution in [0.15, 0.2) is 29.4 Å². The maximum Gasteiger partial charge on any atom is 0.0278 e. The van der Waals surface area contributed by atoms with E-state index < -0.39 is 0 Å². The molecule has 1 aromatic rings. The molecule has 0 radical (unpaired) electrons. The molecular formula is C13H22N2S. The molecule has 0 aromatic carbocycles. The minimum atomic E-state index is 0.601. The Morgan fingerprint density at radius 3 is 2.62 bits per heavy atom. The molecule has 2 atom stereocenters. The first-order valence-corrected chi connectivity index (χ1v) is 6.90. The molecule has 3 heteroatoms. The summed E-state index contributed by atoms with van der Waals surface area (Å²) < 4.78 is 0. The monoisotopic (exact) mass is 238 g/mol. The maximum atomic E-state index is 4.03. The molecule has 0 bridgehead atoms. The van der Waals surface area contributed by atoms with Crippen molar-refractivity contribution in [3.63, 3.8) is 0 Å². The van der Waals surface area contributed by atoms with E-state index >= 15 is 0 Å². The molecule has 1 N–H and O–H groups in total. The third-order valence-electron chi connectivity index (χ3n) is 2.42. The summed E-state index contributed by atoms with van der Waals surface area (Å²) in [5.74, 6) is 0. The van der Waals surface area contributed by atoms with Gasteiger partial charge in [0.15, 0.2) is 0 Å². The van der Waals surface area contributed by atoms with Crippen molar-refractivity contribution in [1.82, 2.24) is 10.3 Å². The van der Waals surface area contributed by atoms with Gasteiger partial charge in [0.2, 0.25) is 0 Å². The Balaban J connectivity index is 2.27. The van der Waals surface area contributed by atoms with Crippen LogP contribution in [0, 0.1) is 0 Å². The fourth-order valence-corrected chi connectivity index (χ4v) is 2.80. The van der Waals surface area contributed by atoms with E-state index in [0.29, 0.717) is 11.3 Å². The molecule has 0 saturated heterocycles. The van der Waals surface area contributed by atoms with E-state index in [1.165, 1.54) is 17.7 Å². The highest BCUT2D eigenvalue weighted by molar-refractivity contribution is 7.99. The van der Waals surface area contributed by atoms with Crippen LogP contribution in [0.2, 0.25) is 0 Å². The molecule has 0 aliphatic heterocycles. The fraction of sp³-hybridized carbons (Fsp3) is 0.615. The van der Waals surface area contributed by atoms with Crippen LogP contribution >= 0.6 is 11.8 Å². The molecule has 0 spiro atoms. The predicted molar refractivity (Wildman–Crippen MR) is 71.9 cm³/mol.